The van der Waals surface area contributed by atoms with E-state index in [9.17, 15) is 10.1 Å². The predicted molar refractivity (Wildman–Crippen MR) is 85.7 cm³/mol. The molecule has 2 heterocycles. The predicted octanol–water partition coefficient (Wildman–Crippen LogP) is 1.98. The van der Waals surface area contributed by atoms with Gasteiger partial charge in [0, 0.05) is 61.2 Å². The smallest absolute Gasteiger partial charge is 0.273 e. The third kappa shape index (κ3) is 3.41. The summed E-state index contributed by atoms with van der Waals surface area (Å²) in [5, 5.41) is 11.2. The van der Waals surface area contributed by atoms with E-state index in [1.807, 2.05) is 11.8 Å². The summed E-state index contributed by atoms with van der Waals surface area (Å²) < 4.78 is 5.36. The molecule has 2 aliphatic rings. The third-order valence-electron chi connectivity index (χ3n) is 3.85. The van der Waals surface area contributed by atoms with Crippen LogP contribution in [-0.2, 0) is 4.74 Å². The van der Waals surface area contributed by atoms with Crippen LogP contribution in [0.25, 0.3) is 0 Å². The topological polar surface area (TPSA) is 58.9 Å². The molecule has 0 amide bonds. The van der Waals surface area contributed by atoms with Gasteiger partial charge in [-0.1, -0.05) is 0 Å². The number of ether oxygens (including phenoxy) is 1. The Bertz CT molecular complexity index is 478. The molecule has 3 rings (SSSR count). The number of thioether (sulfide) groups is 1. The van der Waals surface area contributed by atoms with Crippen LogP contribution in [0.3, 0.4) is 0 Å². The van der Waals surface area contributed by atoms with Gasteiger partial charge in [0.05, 0.1) is 18.1 Å². The quantitative estimate of drug-likeness (QED) is 0.628. The van der Waals surface area contributed by atoms with Crippen molar-refractivity contribution < 1.29 is 9.66 Å². The Hall–Kier alpha value is -1.47. The highest BCUT2D eigenvalue weighted by Gasteiger charge is 2.20. The summed E-state index contributed by atoms with van der Waals surface area (Å²) in [6.45, 7) is 4.84. The van der Waals surface area contributed by atoms with Crippen LogP contribution in [0.4, 0.5) is 17.1 Å². The zero-order valence-electron chi connectivity index (χ0n) is 11.9. The maximum atomic E-state index is 11.2. The van der Waals surface area contributed by atoms with Gasteiger partial charge in [0.25, 0.3) is 5.69 Å². The van der Waals surface area contributed by atoms with Crippen molar-refractivity contribution in [3.63, 3.8) is 0 Å². The molecule has 0 radical (unpaired) electrons. The lowest BCUT2D eigenvalue weighted by Crippen LogP contribution is -2.37. The molecule has 2 fully saturated rings. The van der Waals surface area contributed by atoms with Crippen molar-refractivity contribution in [2.24, 2.45) is 0 Å². The number of nitro benzene ring substituents is 1. The maximum absolute atomic E-state index is 11.2. The Morgan fingerprint density at radius 1 is 1.00 bits per heavy atom. The molecule has 0 saturated carbocycles. The maximum Gasteiger partial charge on any atom is 0.273 e. The fourth-order valence-corrected chi connectivity index (χ4v) is 3.60. The van der Waals surface area contributed by atoms with Crippen LogP contribution in [0.5, 0.6) is 0 Å². The van der Waals surface area contributed by atoms with E-state index in [1.54, 1.807) is 12.1 Å². The van der Waals surface area contributed by atoms with Gasteiger partial charge in [-0.05, 0) is 6.07 Å². The molecule has 7 heteroatoms. The summed E-state index contributed by atoms with van der Waals surface area (Å²) in [5.41, 5.74) is 2.07. The minimum absolute atomic E-state index is 0.173. The van der Waals surface area contributed by atoms with Gasteiger partial charge in [-0.3, -0.25) is 10.1 Å². The first-order valence-corrected chi connectivity index (χ1v) is 8.34. The Labute approximate surface area is 128 Å². The Morgan fingerprint density at radius 3 is 2.14 bits per heavy atom. The number of morpholine rings is 1. The summed E-state index contributed by atoms with van der Waals surface area (Å²) in [5.74, 6) is 2.16. The highest BCUT2D eigenvalue weighted by molar-refractivity contribution is 7.99. The van der Waals surface area contributed by atoms with Crippen LogP contribution in [0, 0.1) is 10.1 Å². The Morgan fingerprint density at radius 2 is 1.57 bits per heavy atom. The fraction of sp³-hybridized carbons (Fsp3) is 0.571. The van der Waals surface area contributed by atoms with E-state index in [-0.39, 0.29) is 10.6 Å². The van der Waals surface area contributed by atoms with E-state index in [0.717, 1.165) is 49.1 Å². The number of anilines is 2. The molecule has 21 heavy (non-hydrogen) atoms. The average molecular weight is 309 g/mol. The SMILES string of the molecule is O=[N+]([O-])c1cc(N2CCOCC2)cc(N2CCSCC2)c1. The monoisotopic (exact) mass is 309 g/mol. The number of hydrogen-bond donors (Lipinski definition) is 0. The van der Waals surface area contributed by atoms with Crippen molar-refractivity contribution in [2.75, 3.05) is 60.7 Å². The van der Waals surface area contributed by atoms with Crippen molar-refractivity contribution in [3.05, 3.63) is 28.3 Å². The van der Waals surface area contributed by atoms with Crippen molar-refractivity contribution in [1.29, 1.82) is 0 Å². The number of rotatable bonds is 3. The first-order valence-electron chi connectivity index (χ1n) is 7.19. The molecule has 0 atom stereocenters. The van der Waals surface area contributed by atoms with E-state index in [2.05, 4.69) is 15.9 Å². The molecule has 0 aliphatic carbocycles. The molecule has 114 valence electrons. The van der Waals surface area contributed by atoms with Gasteiger partial charge in [-0.15, -0.1) is 0 Å². The normalized spacial score (nSPS) is 19.6. The first-order chi connectivity index (χ1) is 10.2. The average Bonchev–Trinajstić information content (AvgIpc) is 2.56. The summed E-state index contributed by atoms with van der Waals surface area (Å²) in [6.07, 6.45) is 0. The minimum atomic E-state index is -0.299. The summed E-state index contributed by atoms with van der Waals surface area (Å²) >= 11 is 1.93. The third-order valence-corrected chi connectivity index (χ3v) is 4.79. The van der Waals surface area contributed by atoms with Crippen molar-refractivity contribution in [2.45, 2.75) is 0 Å². The zero-order chi connectivity index (χ0) is 14.7. The minimum Gasteiger partial charge on any atom is -0.378 e. The lowest BCUT2D eigenvalue weighted by Gasteiger charge is -2.32. The fourth-order valence-electron chi connectivity index (χ4n) is 2.69. The van der Waals surface area contributed by atoms with Crippen LogP contribution < -0.4 is 9.80 Å². The number of benzene rings is 1. The lowest BCUT2D eigenvalue weighted by molar-refractivity contribution is -0.384. The molecular weight excluding hydrogens is 290 g/mol. The summed E-state index contributed by atoms with van der Waals surface area (Å²) in [7, 11) is 0. The van der Waals surface area contributed by atoms with Gasteiger partial charge in [-0.25, -0.2) is 0 Å². The van der Waals surface area contributed by atoms with E-state index in [1.165, 1.54) is 0 Å². The van der Waals surface area contributed by atoms with E-state index >= 15 is 0 Å². The van der Waals surface area contributed by atoms with Crippen LogP contribution in [-0.4, -0.2) is 55.8 Å². The van der Waals surface area contributed by atoms with Crippen LogP contribution in [0.2, 0.25) is 0 Å². The number of hydrogen-bond acceptors (Lipinski definition) is 6. The summed E-state index contributed by atoms with van der Waals surface area (Å²) in [4.78, 5) is 15.3. The molecule has 6 nitrogen and oxygen atoms in total. The van der Waals surface area contributed by atoms with Crippen molar-refractivity contribution in [1.82, 2.24) is 0 Å². The van der Waals surface area contributed by atoms with Gasteiger partial charge in [0.15, 0.2) is 0 Å². The van der Waals surface area contributed by atoms with Crippen LogP contribution in [0.1, 0.15) is 0 Å². The second kappa shape index (κ2) is 6.53. The molecule has 2 saturated heterocycles. The van der Waals surface area contributed by atoms with Crippen LogP contribution >= 0.6 is 11.8 Å². The Balaban J connectivity index is 1.91. The zero-order valence-corrected chi connectivity index (χ0v) is 12.7. The first kappa shape index (κ1) is 14.5. The second-order valence-electron chi connectivity index (χ2n) is 5.16. The van der Waals surface area contributed by atoms with Gasteiger partial charge < -0.3 is 14.5 Å². The highest BCUT2D eigenvalue weighted by atomic mass is 32.2. The molecule has 0 aromatic heterocycles. The van der Waals surface area contributed by atoms with Crippen molar-refractivity contribution >= 4 is 28.8 Å². The van der Waals surface area contributed by atoms with Crippen molar-refractivity contribution in [3.8, 4) is 0 Å². The Kier molecular flexibility index (Phi) is 4.50. The number of nitro groups is 1. The van der Waals surface area contributed by atoms with Gasteiger partial charge >= 0.3 is 0 Å². The molecular formula is C14H19N3O3S. The molecule has 0 bridgehead atoms. The highest BCUT2D eigenvalue weighted by Crippen LogP contribution is 2.31. The summed E-state index contributed by atoms with van der Waals surface area (Å²) in [6, 6.07) is 5.45. The standard InChI is InChI=1S/C14H19N3O3S/c18-17(19)14-10-12(15-1-5-20-6-2-15)9-13(11-14)16-3-7-21-8-4-16/h9-11H,1-8H2. The lowest BCUT2D eigenvalue weighted by atomic mass is 10.2. The largest absolute Gasteiger partial charge is 0.378 e. The number of nitrogens with zero attached hydrogens (tertiary/aromatic N) is 3. The molecule has 1 aromatic rings. The molecule has 0 unspecified atom stereocenters. The van der Waals surface area contributed by atoms with Crippen LogP contribution in [0.15, 0.2) is 18.2 Å². The van der Waals surface area contributed by atoms with E-state index in [0.29, 0.717) is 13.2 Å². The second-order valence-corrected chi connectivity index (χ2v) is 6.39. The van der Waals surface area contributed by atoms with Gasteiger partial charge in [0.2, 0.25) is 0 Å². The molecule has 0 N–H and O–H groups in total. The van der Waals surface area contributed by atoms with E-state index in [4.69, 9.17) is 4.74 Å². The molecule has 1 aromatic carbocycles. The van der Waals surface area contributed by atoms with Gasteiger partial charge in [0.1, 0.15) is 0 Å². The number of non-ortho nitro benzene ring substituents is 1. The van der Waals surface area contributed by atoms with Gasteiger partial charge in [-0.2, -0.15) is 11.8 Å². The molecule has 0 spiro atoms. The molecule has 2 aliphatic heterocycles. The van der Waals surface area contributed by atoms with E-state index < -0.39 is 0 Å².